The van der Waals surface area contributed by atoms with E-state index < -0.39 is 5.97 Å². The van der Waals surface area contributed by atoms with Crippen molar-refractivity contribution in [2.24, 2.45) is 0 Å². The minimum absolute atomic E-state index is 0.176. The molecule has 8 heteroatoms. The first-order valence-electron chi connectivity index (χ1n) is 8.36. The number of esters is 1. The summed E-state index contributed by atoms with van der Waals surface area (Å²) < 4.78 is 5.07. The van der Waals surface area contributed by atoms with Gasteiger partial charge in [0.15, 0.2) is 5.13 Å². The average Bonchev–Trinajstić information content (AvgIpc) is 3.17. The number of rotatable bonds is 8. The Balaban J connectivity index is 2.30. The van der Waals surface area contributed by atoms with Gasteiger partial charge in [-0.1, -0.05) is 31.1 Å². The second-order valence-electron chi connectivity index (χ2n) is 5.55. The van der Waals surface area contributed by atoms with Crippen molar-refractivity contribution in [3.05, 3.63) is 26.7 Å². The number of unbranched alkanes of at least 4 members (excludes halogenated alkanes) is 2. The zero-order valence-corrected chi connectivity index (χ0v) is 16.6. The topological polar surface area (TPSA) is 72.4 Å². The molecule has 2 aromatic heterocycles. The fourth-order valence-corrected chi connectivity index (χ4v) is 3.86. The molecule has 136 valence electrons. The molecule has 0 spiro atoms. The maximum absolute atomic E-state index is 12.9. The van der Waals surface area contributed by atoms with Gasteiger partial charge in [0.1, 0.15) is 10.6 Å². The van der Waals surface area contributed by atoms with Crippen LogP contribution in [-0.2, 0) is 4.74 Å². The molecule has 0 atom stereocenters. The fraction of sp³-hybridized carbons (Fsp3) is 0.529. The molecule has 2 heterocycles. The zero-order chi connectivity index (χ0) is 18.4. The molecule has 0 aromatic carbocycles. The first kappa shape index (κ1) is 19.5. The van der Waals surface area contributed by atoms with Crippen LogP contribution in [0.4, 0.5) is 5.13 Å². The highest BCUT2D eigenvalue weighted by Gasteiger charge is 2.25. The molecule has 6 nitrogen and oxygen atoms in total. The Bertz CT molecular complexity index is 739. The van der Waals surface area contributed by atoms with Gasteiger partial charge in [-0.15, -0.1) is 11.3 Å². The summed E-state index contributed by atoms with van der Waals surface area (Å²) in [5, 5.41) is 3.13. The van der Waals surface area contributed by atoms with Crippen LogP contribution in [0.1, 0.15) is 64.0 Å². The average molecular weight is 382 g/mol. The van der Waals surface area contributed by atoms with Crippen LogP contribution in [0.15, 0.2) is 5.38 Å². The van der Waals surface area contributed by atoms with Crippen LogP contribution in [0.2, 0.25) is 0 Å². The van der Waals surface area contributed by atoms with Crippen LogP contribution in [0.3, 0.4) is 0 Å². The summed E-state index contributed by atoms with van der Waals surface area (Å²) in [6.07, 6.45) is 2.95. The van der Waals surface area contributed by atoms with Crippen molar-refractivity contribution in [1.29, 1.82) is 0 Å². The standard InChI is InChI=1S/C17H23N3O3S2/c1-5-7-8-9-20(15(21)13-10-24-12(4)19-13)17-18-11(3)14(25-17)16(22)23-6-2/h10H,5-9H2,1-4H3. The number of aryl methyl sites for hydroxylation is 2. The third-order valence-electron chi connectivity index (χ3n) is 3.55. The van der Waals surface area contributed by atoms with Crippen LogP contribution in [-0.4, -0.2) is 35.0 Å². The molecule has 1 amide bonds. The predicted octanol–water partition coefficient (Wildman–Crippen LogP) is 4.23. The van der Waals surface area contributed by atoms with Crippen LogP contribution in [0.25, 0.3) is 0 Å². The van der Waals surface area contributed by atoms with Crippen LogP contribution >= 0.6 is 22.7 Å². The summed E-state index contributed by atoms with van der Waals surface area (Å²) in [5.74, 6) is -0.571. The van der Waals surface area contributed by atoms with Crippen molar-refractivity contribution in [2.75, 3.05) is 18.1 Å². The minimum atomic E-state index is -0.394. The molecule has 0 aliphatic rings. The van der Waals surface area contributed by atoms with Gasteiger partial charge in [0, 0.05) is 11.9 Å². The van der Waals surface area contributed by atoms with Crippen LogP contribution in [0.5, 0.6) is 0 Å². The van der Waals surface area contributed by atoms with E-state index in [2.05, 4.69) is 16.9 Å². The first-order chi connectivity index (χ1) is 12.0. The summed E-state index contributed by atoms with van der Waals surface area (Å²) in [6.45, 7) is 8.37. The Morgan fingerprint density at radius 3 is 2.56 bits per heavy atom. The molecule has 2 aromatic rings. The van der Waals surface area contributed by atoms with E-state index in [-0.39, 0.29) is 5.91 Å². The molecule has 2 rings (SSSR count). The van der Waals surface area contributed by atoms with E-state index in [0.29, 0.717) is 34.5 Å². The number of aromatic nitrogens is 2. The Morgan fingerprint density at radius 2 is 1.96 bits per heavy atom. The minimum Gasteiger partial charge on any atom is -0.462 e. The van der Waals surface area contributed by atoms with E-state index >= 15 is 0 Å². The lowest BCUT2D eigenvalue weighted by Crippen LogP contribution is -2.32. The molecule has 0 bridgehead atoms. The van der Waals surface area contributed by atoms with Gasteiger partial charge in [-0.2, -0.15) is 0 Å². The van der Waals surface area contributed by atoms with Crippen molar-refractivity contribution in [3.63, 3.8) is 0 Å². The van der Waals surface area contributed by atoms with E-state index in [1.54, 1.807) is 24.1 Å². The largest absolute Gasteiger partial charge is 0.462 e. The molecule has 0 fully saturated rings. The molecule has 0 aliphatic carbocycles. The normalized spacial score (nSPS) is 10.7. The molecule has 25 heavy (non-hydrogen) atoms. The molecule has 0 radical (unpaired) electrons. The van der Waals surface area contributed by atoms with Gasteiger partial charge in [-0.3, -0.25) is 9.69 Å². The lowest BCUT2D eigenvalue weighted by atomic mass is 10.2. The van der Waals surface area contributed by atoms with E-state index in [0.717, 1.165) is 24.3 Å². The van der Waals surface area contributed by atoms with Crippen molar-refractivity contribution in [2.45, 2.75) is 47.0 Å². The number of nitrogens with zero attached hydrogens (tertiary/aromatic N) is 3. The molecule has 0 unspecified atom stereocenters. The molecule has 0 saturated heterocycles. The summed E-state index contributed by atoms with van der Waals surface area (Å²) in [4.78, 5) is 35.7. The van der Waals surface area contributed by atoms with Crippen LogP contribution < -0.4 is 4.90 Å². The van der Waals surface area contributed by atoms with Crippen molar-refractivity contribution < 1.29 is 14.3 Å². The molecule has 0 saturated carbocycles. The number of carbonyl (C=O) groups is 2. The van der Waals surface area contributed by atoms with Crippen LogP contribution in [0, 0.1) is 13.8 Å². The van der Waals surface area contributed by atoms with Gasteiger partial charge in [0.25, 0.3) is 5.91 Å². The smallest absolute Gasteiger partial charge is 0.350 e. The molecular formula is C17H23N3O3S2. The molecular weight excluding hydrogens is 358 g/mol. The summed E-state index contributed by atoms with van der Waals surface area (Å²) in [7, 11) is 0. The number of hydrogen-bond acceptors (Lipinski definition) is 7. The van der Waals surface area contributed by atoms with E-state index in [1.165, 1.54) is 22.7 Å². The fourth-order valence-electron chi connectivity index (χ4n) is 2.29. The first-order valence-corrected chi connectivity index (χ1v) is 10.1. The summed E-state index contributed by atoms with van der Waals surface area (Å²) in [6, 6.07) is 0. The molecule has 0 aliphatic heterocycles. The summed E-state index contributed by atoms with van der Waals surface area (Å²) in [5.41, 5.74) is 1.01. The summed E-state index contributed by atoms with van der Waals surface area (Å²) >= 11 is 2.64. The number of hydrogen-bond donors (Lipinski definition) is 0. The Labute approximate surface area is 155 Å². The lowest BCUT2D eigenvalue weighted by molar-refractivity contribution is 0.0531. The maximum atomic E-state index is 12.9. The Hall–Kier alpha value is -1.80. The number of ether oxygens (including phenoxy) is 1. The highest BCUT2D eigenvalue weighted by molar-refractivity contribution is 7.17. The highest BCUT2D eigenvalue weighted by atomic mass is 32.1. The second kappa shape index (κ2) is 9.05. The molecule has 0 N–H and O–H groups in total. The Kier molecular flexibility index (Phi) is 7.07. The van der Waals surface area contributed by atoms with Crippen molar-refractivity contribution in [1.82, 2.24) is 9.97 Å². The Morgan fingerprint density at radius 1 is 1.20 bits per heavy atom. The van der Waals surface area contributed by atoms with Crippen molar-refractivity contribution >= 4 is 39.7 Å². The monoisotopic (exact) mass is 381 g/mol. The SMILES string of the molecule is CCCCCN(C(=O)c1csc(C)n1)c1nc(C)c(C(=O)OCC)s1. The van der Waals surface area contributed by atoms with Gasteiger partial charge < -0.3 is 4.74 Å². The number of amides is 1. The number of thiazole rings is 2. The third-order valence-corrected chi connectivity index (χ3v) is 5.48. The van der Waals surface area contributed by atoms with Crippen molar-refractivity contribution in [3.8, 4) is 0 Å². The van der Waals surface area contributed by atoms with Gasteiger partial charge in [-0.05, 0) is 27.2 Å². The maximum Gasteiger partial charge on any atom is 0.350 e. The third kappa shape index (κ3) is 4.85. The highest BCUT2D eigenvalue weighted by Crippen LogP contribution is 2.28. The van der Waals surface area contributed by atoms with Gasteiger partial charge in [0.2, 0.25) is 0 Å². The van der Waals surface area contributed by atoms with Gasteiger partial charge in [-0.25, -0.2) is 14.8 Å². The van der Waals surface area contributed by atoms with E-state index in [9.17, 15) is 9.59 Å². The predicted molar refractivity (Wildman–Crippen MR) is 101 cm³/mol. The second-order valence-corrected chi connectivity index (χ2v) is 7.59. The van der Waals surface area contributed by atoms with Gasteiger partial charge >= 0.3 is 5.97 Å². The zero-order valence-electron chi connectivity index (χ0n) is 15.0. The number of anilines is 1. The van der Waals surface area contributed by atoms with Gasteiger partial charge in [0.05, 0.1) is 17.3 Å². The quantitative estimate of drug-likeness (QED) is 0.505. The van der Waals surface area contributed by atoms with E-state index in [4.69, 9.17) is 4.74 Å². The van der Waals surface area contributed by atoms with E-state index in [1.807, 2.05) is 6.92 Å². The lowest BCUT2D eigenvalue weighted by Gasteiger charge is -2.18. The number of carbonyl (C=O) groups excluding carboxylic acids is 2.